The van der Waals surface area contributed by atoms with E-state index in [-0.39, 0.29) is 6.04 Å². The third-order valence-corrected chi connectivity index (χ3v) is 4.62. The summed E-state index contributed by atoms with van der Waals surface area (Å²) in [5, 5.41) is 0. The summed E-state index contributed by atoms with van der Waals surface area (Å²) in [6.07, 6.45) is 11.8. The summed E-state index contributed by atoms with van der Waals surface area (Å²) in [4.78, 5) is 6.89. The Hall–Kier alpha value is -0.930. The lowest BCUT2D eigenvalue weighted by Gasteiger charge is -2.47. The Labute approximate surface area is 109 Å². The second-order valence-corrected chi connectivity index (χ2v) is 5.70. The van der Waals surface area contributed by atoms with Crippen LogP contribution in [0.15, 0.2) is 24.5 Å². The summed E-state index contributed by atoms with van der Waals surface area (Å²) >= 11 is 0. The van der Waals surface area contributed by atoms with Crippen molar-refractivity contribution in [2.75, 3.05) is 6.54 Å². The number of hydrogen-bond acceptors (Lipinski definition) is 3. The summed E-state index contributed by atoms with van der Waals surface area (Å²) in [5.41, 5.74) is 7.68. The van der Waals surface area contributed by atoms with Crippen LogP contribution in [0.5, 0.6) is 0 Å². The maximum Gasteiger partial charge on any atom is 0.0468 e. The van der Waals surface area contributed by atoms with Gasteiger partial charge in [-0.05, 0) is 43.9 Å². The molecule has 1 unspecified atom stereocenters. The van der Waals surface area contributed by atoms with Crippen molar-refractivity contribution in [2.45, 2.75) is 56.7 Å². The van der Waals surface area contributed by atoms with Gasteiger partial charge in [-0.1, -0.05) is 18.9 Å². The molecule has 3 rings (SSSR count). The van der Waals surface area contributed by atoms with E-state index in [0.717, 1.165) is 6.04 Å². The Balaban J connectivity index is 1.77. The number of nitrogens with zero attached hydrogens (tertiary/aromatic N) is 2. The Morgan fingerprint density at radius 2 is 2.11 bits per heavy atom. The van der Waals surface area contributed by atoms with Gasteiger partial charge in [0.05, 0.1) is 0 Å². The molecule has 0 radical (unpaired) electrons. The highest BCUT2D eigenvalue weighted by Gasteiger charge is 2.35. The quantitative estimate of drug-likeness (QED) is 0.870. The molecule has 0 aromatic carbocycles. The van der Waals surface area contributed by atoms with Crippen LogP contribution in [-0.2, 0) is 0 Å². The van der Waals surface area contributed by atoms with E-state index < -0.39 is 0 Å². The average Bonchev–Trinajstić information content (AvgIpc) is 2.47. The van der Waals surface area contributed by atoms with E-state index in [9.17, 15) is 0 Å². The molecule has 2 fully saturated rings. The topological polar surface area (TPSA) is 42.1 Å². The average molecular weight is 245 g/mol. The summed E-state index contributed by atoms with van der Waals surface area (Å²) in [6.45, 7) is 1.24. The minimum atomic E-state index is 0.125. The minimum Gasteiger partial charge on any atom is -0.323 e. The molecule has 1 aromatic heterocycles. The van der Waals surface area contributed by atoms with Gasteiger partial charge in [0.15, 0.2) is 0 Å². The summed E-state index contributed by atoms with van der Waals surface area (Å²) in [7, 11) is 0. The molecular formula is C15H23N3. The van der Waals surface area contributed by atoms with E-state index >= 15 is 0 Å². The Kier molecular flexibility index (Phi) is 3.62. The van der Waals surface area contributed by atoms with Gasteiger partial charge in [-0.25, -0.2) is 0 Å². The molecule has 3 heteroatoms. The lowest BCUT2D eigenvalue weighted by atomic mass is 9.84. The molecule has 0 spiro atoms. The van der Waals surface area contributed by atoms with Crippen LogP contribution >= 0.6 is 0 Å². The van der Waals surface area contributed by atoms with Crippen LogP contribution in [0.25, 0.3) is 0 Å². The first-order valence-electron chi connectivity index (χ1n) is 7.27. The maximum absolute atomic E-state index is 6.50. The SMILES string of the molecule is NC(c1cccnc1)[C@@H]1CCC[C@@H]2CCCCN21. The Bertz CT molecular complexity index is 377. The van der Waals surface area contributed by atoms with Crippen LogP contribution in [0.3, 0.4) is 0 Å². The molecule has 2 aliphatic rings. The molecule has 0 bridgehead atoms. The van der Waals surface area contributed by atoms with Crippen molar-refractivity contribution in [3.8, 4) is 0 Å². The predicted octanol–water partition coefficient (Wildman–Crippen LogP) is 2.49. The predicted molar refractivity (Wildman–Crippen MR) is 73.1 cm³/mol. The molecule has 3 heterocycles. The van der Waals surface area contributed by atoms with Crippen LogP contribution in [0.4, 0.5) is 0 Å². The molecule has 98 valence electrons. The van der Waals surface area contributed by atoms with E-state index in [1.807, 2.05) is 18.5 Å². The molecule has 3 atom stereocenters. The van der Waals surface area contributed by atoms with Crippen molar-refractivity contribution < 1.29 is 0 Å². The Morgan fingerprint density at radius 3 is 2.94 bits per heavy atom. The van der Waals surface area contributed by atoms with Gasteiger partial charge in [-0.2, -0.15) is 0 Å². The summed E-state index contributed by atoms with van der Waals surface area (Å²) in [5.74, 6) is 0. The number of aromatic nitrogens is 1. The first-order valence-corrected chi connectivity index (χ1v) is 7.27. The van der Waals surface area contributed by atoms with Crippen LogP contribution in [-0.4, -0.2) is 28.5 Å². The van der Waals surface area contributed by atoms with Crippen LogP contribution in [0, 0.1) is 0 Å². The van der Waals surface area contributed by atoms with Crippen molar-refractivity contribution in [1.82, 2.24) is 9.88 Å². The Morgan fingerprint density at radius 1 is 1.22 bits per heavy atom. The van der Waals surface area contributed by atoms with Gasteiger partial charge in [0.25, 0.3) is 0 Å². The van der Waals surface area contributed by atoms with Crippen molar-refractivity contribution in [3.63, 3.8) is 0 Å². The first-order chi connectivity index (χ1) is 8.86. The van der Waals surface area contributed by atoms with Crippen molar-refractivity contribution >= 4 is 0 Å². The van der Waals surface area contributed by atoms with Gasteiger partial charge in [-0.15, -0.1) is 0 Å². The van der Waals surface area contributed by atoms with Crippen molar-refractivity contribution in [1.29, 1.82) is 0 Å². The normalized spacial score (nSPS) is 30.7. The second-order valence-electron chi connectivity index (χ2n) is 5.70. The molecule has 0 aliphatic carbocycles. The van der Waals surface area contributed by atoms with Gasteiger partial charge >= 0.3 is 0 Å². The van der Waals surface area contributed by atoms with Gasteiger partial charge in [0.1, 0.15) is 0 Å². The number of rotatable bonds is 2. The van der Waals surface area contributed by atoms with E-state index in [1.165, 1.54) is 50.6 Å². The lowest BCUT2D eigenvalue weighted by molar-refractivity contribution is 0.0391. The van der Waals surface area contributed by atoms with Crippen LogP contribution < -0.4 is 5.73 Å². The highest BCUT2D eigenvalue weighted by atomic mass is 15.2. The molecule has 2 aliphatic heterocycles. The molecule has 3 nitrogen and oxygen atoms in total. The minimum absolute atomic E-state index is 0.125. The second kappa shape index (κ2) is 5.37. The zero-order chi connectivity index (χ0) is 12.4. The van der Waals surface area contributed by atoms with Crippen LogP contribution in [0.1, 0.15) is 50.1 Å². The standard InChI is InChI=1S/C15H23N3/c16-15(12-5-4-9-17-11-12)14-8-3-7-13-6-1-2-10-18(13)14/h4-5,9,11,13-15H,1-3,6-8,10,16H2/t13-,14-,15?/m0/s1. The lowest BCUT2D eigenvalue weighted by Crippen LogP contribution is -2.53. The van der Waals surface area contributed by atoms with Gasteiger partial charge in [0.2, 0.25) is 0 Å². The zero-order valence-corrected chi connectivity index (χ0v) is 11.0. The summed E-state index contributed by atoms with van der Waals surface area (Å²) in [6, 6.07) is 5.55. The number of piperidine rings is 2. The fourth-order valence-corrected chi connectivity index (χ4v) is 3.68. The molecule has 1 aromatic rings. The fraction of sp³-hybridized carbons (Fsp3) is 0.667. The first kappa shape index (κ1) is 12.1. The van der Waals surface area contributed by atoms with E-state index in [0.29, 0.717) is 6.04 Å². The highest BCUT2D eigenvalue weighted by molar-refractivity contribution is 5.16. The van der Waals surface area contributed by atoms with E-state index in [4.69, 9.17) is 5.73 Å². The number of hydrogen-bond donors (Lipinski definition) is 1. The molecule has 0 saturated carbocycles. The molecule has 2 saturated heterocycles. The van der Waals surface area contributed by atoms with Gasteiger partial charge in [-0.3, -0.25) is 9.88 Å². The monoisotopic (exact) mass is 245 g/mol. The zero-order valence-electron chi connectivity index (χ0n) is 11.0. The molecule has 0 amide bonds. The molecular weight excluding hydrogens is 222 g/mol. The highest BCUT2D eigenvalue weighted by Crippen LogP contribution is 2.34. The summed E-state index contributed by atoms with van der Waals surface area (Å²) < 4.78 is 0. The number of pyridine rings is 1. The fourth-order valence-electron chi connectivity index (χ4n) is 3.68. The van der Waals surface area contributed by atoms with Gasteiger partial charge < -0.3 is 5.73 Å². The van der Waals surface area contributed by atoms with Crippen molar-refractivity contribution in [3.05, 3.63) is 30.1 Å². The third kappa shape index (κ3) is 2.29. The van der Waals surface area contributed by atoms with Crippen molar-refractivity contribution in [2.24, 2.45) is 5.73 Å². The number of nitrogens with two attached hydrogens (primary N) is 1. The molecule has 18 heavy (non-hydrogen) atoms. The number of fused-ring (bicyclic) bond motifs is 1. The smallest absolute Gasteiger partial charge is 0.0468 e. The van der Waals surface area contributed by atoms with E-state index in [2.05, 4.69) is 16.0 Å². The van der Waals surface area contributed by atoms with E-state index in [1.54, 1.807) is 0 Å². The van der Waals surface area contributed by atoms with Crippen LogP contribution in [0.2, 0.25) is 0 Å². The third-order valence-electron chi connectivity index (χ3n) is 4.62. The maximum atomic E-state index is 6.50. The largest absolute Gasteiger partial charge is 0.323 e. The molecule has 2 N–H and O–H groups in total. The van der Waals surface area contributed by atoms with Gasteiger partial charge in [0, 0.05) is 30.5 Å².